The van der Waals surface area contributed by atoms with Gasteiger partial charge in [-0.2, -0.15) is 5.10 Å². The SMILES string of the molecule is Nc1ncc(-c2cnn(C3CCN(CCCN4CCN(CC5CCNCC5)CC4)CC3)c2)nc1C(=O)O. The van der Waals surface area contributed by atoms with E-state index in [2.05, 4.69) is 35.1 Å². The maximum absolute atomic E-state index is 11.3. The third-order valence-corrected chi connectivity index (χ3v) is 8.22. The van der Waals surface area contributed by atoms with E-state index in [1.807, 2.05) is 10.9 Å². The quantitative estimate of drug-likeness (QED) is 0.453. The highest BCUT2D eigenvalue weighted by Gasteiger charge is 2.24. The Labute approximate surface area is 219 Å². The van der Waals surface area contributed by atoms with Crippen LogP contribution >= 0.6 is 0 Å². The molecule has 0 atom stereocenters. The number of nitrogens with two attached hydrogens (primary N) is 1. The second kappa shape index (κ2) is 12.3. The highest BCUT2D eigenvalue weighted by atomic mass is 16.4. The van der Waals surface area contributed by atoms with Gasteiger partial charge in [0.1, 0.15) is 0 Å². The van der Waals surface area contributed by atoms with Crippen LogP contribution in [-0.4, -0.2) is 118 Å². The van der Waals surface area contributed by atoms with Gasteiger partial charge in [0.05, 0.1) is 24.1 Å². The van der Waals surface area contributed by atoms with Crippen molar-refractivity contribution in [3.8, 4) is 11.3 Å². The zero-order valence-corrected chi connectivity index (χ0v) is 21.8. The number of carboxylic acids is 1. The molecule has 0 bridgehead atoms. The first kappa shape index (κ1) is 26.0. The standard InChI is InChI=1S/C26H41N9O2/c27-25-24(26(36)37)31-23(17-29-25)21-16-30-35(19-21)22-4-10-32(11-5-22)8-1-9-33-12-14-34(15-13-33)18-20-2-6-28-7-3-20/h16-17,19-20,22,28H,1-15,18H2,(H2,27,29)(H,36,37). The molecule has 11 nitrogen and oxygen atoms in total. The van der Waals surface area contributed by atoms with E-state index in [-0.39, 0.29) is 11.5 Å². The van der Waals surface area contributed by atoms with Crippen LogP contribution in [0.25, 0.3) is 11.3 Å². The highest BCUT2D eigenvalue weighted by Crippen LogP contribution is 2.25. The van der Waals surface area contributed by atoms with Gasteiger partial charge in [-0.25, -0.2) is 14.8 Å². The number of nitrogens with one attached hydrogen (secondary N) is 1. The molecule has 0 aromatic carbocycles. The fourth-order valence-electron chi connectivity index (χ4n) is 5.92. The number of aromatic carboxylic acids is 1. The van der Waals surface area contributed by atoms with E-state index in [1.165, 1.54) is 77.8 Å². The molecule has 0 saturated carbocycles. The number of hydrogen-bond donors (Lipinski definition) is 3. The number of carbonyl (C=O) groups is 1. The summed E-state index contributed by atoms with van der Waals surface area (Å²) in [7, 11) is 0. The van der Waals surface area contributed by atoms with E-state index in [4.69, 9.17) is 5.73 Å². The van der Waals surface area contributed by atoms with Gasteiger partial charge >= 0.3 is 5.97 Å². The Bertz CT molecular complexity index is 1020. The number of anilines is 1. The molecule has 3 aliphatic rings. The minimum Gasteiger partial charge on any atom is -0.476 e. The molecule has 0 radical (unpaired) electrons. The van der Waals surface area contributed by atoms with Crippen LogP contribution in [0.2, 0.25) is 0 Å². The van der Waals surface area contributed by atoms with Crippen molar-refractivity contribution < 1.29 is 9.90 Å². The van der Waals surface area contributed by atoms with E-state index in [0.29, 0.717) is 11.7 Å². The van der Waals surface area contributed by atoms with Gasteiger partial charge in [-0.15, -0.1) is 0 Å². The first-order valence-corrected chi connectivity index (χ1v) is 13.8. The smallest absolute Gasteiger partial charge is 0.358 e. The molecule has 3 saturated heterocycles. The number of piperidine rings is 2. The van der Waals surface area contributed by atoms with E-state index < -0.39 is 5.97 Å². The van der Waals surface area contributed by atoms with Gasteiger partial charge in [0.2, 0.25) is 0 Å². The molecular weight excluding hydrogens is 470 g/mol. The number of hydrogen-bond acceptors (Lipinski definition) is 9. The first-order valence-electron chi connectivity index (χ1n) is 13.8. The monoisotopic (exact) mass is 511 g/mol. The average Bonchev–Trinajstić information content (AvgIpc) is 3.41. The van der Waals surface area contributed by atoms with E-state index in [9.17, 15) is 9.90 Å². The normalized spacial score (nSPS) is 21.4. The summed E-state index contributed by atoms with van der Waals surface area (Å²) in [4.78, 5) is 27.4. The van der Waals surface area contributed by atoms with Crippen molar-refractivity contribution in [2.45, 2.75) is 38.1 Å². The number of aromatic nitrogens is 4. The molecule has 3 aliphatic heterocycles. The Balaban J connectivity index is 1.01. The van der Waals surface area contributed by atoms with E-state index >= 15 is 0 Å². The van der Waals surface area contributed by atoms with Gasteiger partial charge in [0.25, 0.3) is 0 Å². The Morgan fingerprint density at radius 1 is 0.973 bits per heavy atom. The minimum absolute atomic E-state index is 0.0779. The lowest BCUT2D eigenvalue weighted by Gasteiger charge is -2.38. The van der Waals surface area contributed by atoms with Crippen LogP contribution in [0.5, 0.6) is 0 Å². The molecule has 5 rings (SSSR count). The Hall–Kier alpha value is -2.60. The lowest BCUT2D eigenvalue weighted by molar-refractivity contribution is 0.0691. The van der Waals surface area contributed by atoms with Gasteiger partial charge in [0, 0.05) is 57.6 Å². The second-order valence-corrected chi connectivity index (χ2v) is 10.8. The van der Waals surface area contributed by atoms with Crippen molar-refractivity contribution in [3.63, 3.8) is 0 Å². The Kier molecular flexibility index (Phi) is 8.65. The van der Waals surface area contributed by atoms with Crippen LogP contribution in [0, 0.1) is 5.92 Å². The number of likely N-dealkylation sites (tertiary alicyclic amines) is 1. The molecular formula is C26H41N9O2. The predicted molar refractivity (Wildman–Crippen MR) is 142 cm³/mol. The number of rotatable bonds is 9. The topological polar surface area (TPSA) is 129 Å². The maximum Gasteiger partial charge on any atom is 0.358 e. The van der Waals surface area contributed by atoms with Gasteiger partial charge in [-0.3, -0.25) is 4.68 Å². The van der Waals surface area contributed by atoms with Crippen LogP contribution < -0.4 is 11.1 Å². The number of nitrogens with zero attached hydrogens (tertiary/aromatic N) is 7. The summed E-state index contributed by atoms with van der Waals surface area (Å²) in [5, 5.41) is 17.3. The molecule has 2 aromatic rings. The van der Waals surface area contributed by atoms with Gasteiger partial charge in [-0.05, 0) is 64.2 Å². The summed E-state index contributed by atoms with van der Waals surface area (Å²) in [6.45, 7) is 13.1. The third-order valence-electron chi connectivity index (χ3n) is 8.22. The molecule has 37 heavy (non-hydrogen) atoms. The number of carboxylic acid groups (broad SMARTS) is 1. The molecule has 4 N–H and O–H groups in total. The molecule has 11 heteroatoms. The van der Waals surface area contributed by atoms with E-state index in [0.717, 1.165) is 44.0 Å². The lowest BCUT2D eigenvalue weighted by Crippen LogP contribution is -2.49. The minimum atomic E-state index is -1.18. The summed E-state index contributed by atoms with van der Waals surface area (Å²) >= 11 is 0. The van der Waals surface area contributed by atoms with Gasteiger partial charge in [-0.1, -0.05) is 0 Å². The van der Waals surface area contributed by atoms with Crippen molar-refractivity contribution in [3.05, 3.63) is 24.3 Å². The molecule has 2 aromatic heterocycles. The van der Waals surface area contributed by atoms with Crippen molar-refractivity contribution in [1.82, 2.24) is 39.8 Å². The zero-order chi connectivity index (χ0) is 25.6. The molecule has 0 amide bonds. The molecule has 202 valence electrons. The van der Waals surface area contributed by atoms with Crippen LogP contribution in [0.1, 0.15) is 48.6 Å². The van der Waals surface area contributed by atoms with Crippen LogP contribution in [0.4, 0.5) is 5.82 Å². The van der Waals surface area contributed by atoms with Crippen molar-refractivity contribution in [2.75, 3.05) is 77.7 Å². The molecule has 0 aliphatic carbocycles. The number of piperazine rings is 1. The van der Waals surface area contributed by atoms with Crippen molar-refractivity contribution in [2.24, 2.45) is 5.92 Å². The Morgan fingerprint density at radius 2 is 1.65 bits per heavy atom. The second-order valence-electron chi connectivity index (χ2n) is 10.8. The fourth-order valence-corrected chi connectivity index (χ4v) is 5.92. The maximum atomic E-state index is 11.3. The van der Waals surface area contributed by atoms with Crippen LogP contribution in [-0.2, 0) is 0 Å². The predicted octanol–water partition coefficient (Wildman–Crippen LogP) is 1.26. The summed E-state index contributed by atoms with van der Waals surface area (Å²) < 4.78 is 1.99. The van der Waals surface area contributed by atoms with Crippen LogP contribution in [0.15, 0.2) is 18.6 Å². The first-order chi connectivity index (χ1) is 18.0. The zero-order valence-electron chi connectivity index (χ0n) is 21.8. The fraction of sp³-hybridized carbons (Fsp3) is 0.692. The van der Waals surface area contributed by atoms with Gasteiger partial charge in [0.15, 0.2) is 11.5 Å². The van der Waals surface area contributed by atoms with Gasteiger partial charge < -0.3 is 30.9 Å². The summed E-state index contributed by atoms with van der Waals surface area (Å²) in [6, 6.07) is 0.346. The lowest BCUT2D eigenvalue weighted by atomic mass is 9.97. The summed E-state index contributed by atoms with van der Waals surface area (Å²) in [5.41, 5.74) is 6.64. The van der Waals surface area contributed by atoms with Crippen molar-refractivity contribution >= 4 is 11.8 Å². The van der Waals surface area contributed by atoms with E-state index in [1.54, 1.807) is 6.20 Å². The van der Waals surface area contributed by atoms with Crippen molar-refractivity contribution in [1.29, 1.82) is 0 Å². The summed E-state index contributed by atoms with van der Waals surface area (Å²) in [5.74, 6) is -0.368. The largest absolute Gasteiger partial charge is 0.476 e. The third kappa shape index (κ3) is 6.84. The number of nitrogen functional groups attached to an aromatic ring is 1. The van der Waals surface area contributed by atoms with Crippen LogP contribution in [0.3, 0.4) is 0 Å². The Morgan fingerprint density at radius 3 is 2.35 bits per heavy atom. The highest BCUT2D eigenvalue weighted by molar-refractivity contribution is 5.90. The summed E-state index contributed by atoms with van der Waals surface area (Å²) in [6.07, 6.45) is 11.2. The molecule has 0 spiro atoms. The molecule has 0 unspecified atom stereocenters. The molecule has 5 heterocycles. The average molecular weight is 512 g/mol. The molecule has 3 fully saturated rings.